The zero-order valence-corrected chi connectivity index (χ0v) is 16.8. The first-order valence-corrected chi connectivity index (χ1v) is 10.2. The van der Waals surface area contributed by atoms with E-state index in [9.17, 15) is 4.79 Å². The molecule has 1 aromatic heterocycles. The summed E-state index contributed by atoms with van der Waals surface area (Å²) in [4.78, 5) is 12.5. The van der Waals surface area contributed by atoms with Crippen LogP contribution in [0.5, 0.6) is 0 Å². The van der Waals surface area contributed by atoms with E-state index < -0.39 is 0 Å². The van der Waals surface area contributed by atoms with Crippen molar-refractivity contribution in [3.05, 3.63) is 88.6 Å². The van der Waals surface area contributed by atoms with Crippen LogP contribution in [0.2, 0.25) is 0 Å². The maximum Gasteiger partial charge on any atom is 0.289 e. The Morgan fingerprint density at radius 1 is 1.10 bits per heavy atom. The highest BCUT2D eigenvalue weighted by Gasteiger charge is 2.18. The molecule has 4 aromatic rings. The van der Waals surface area contributed by atoms with Crippen molar-refractivity contribution in [3.63, 3.8) is 0 Å². The van der Waals surface area contributed by atoms with Crippen LogP contribution in [0.3, 0.4) is 0 Å². The van der Waals surface area contributed by atoms with E-state index in [1.54, 1.807) is 12.3 Å². The fourth-order valence-electron chi connectivity index (χ4n) is 4.11. The summed E-state index contributed by atoms with van der Waals surface area (Å²) in [5, 5.41) is 13.8. The van der Waals surface area contributed by atoms with Crippen molar-refractivity contribution in [3.8, 4) is 11.3 Å². The van der Waals surface area contributed by atoms with Gasteiger partial charge in [-0.05, 0) is 58.4 Å². The molecule has 0 spiro atoms. The molecule has 2 N–H and O–H groups in total. The van der Waals surface area contributed by atoms with Crippen LogP contribution in [0.1, 0.15) is 39.7 Å². The van der Waals surface area contributed by atoms with Gasteiger partial charge in [0.2, 0.25) is 0 Å². The lowest BCUT2D eigenvalue weighted by Crippen LogP contribution is -2.18. The normalized spacial score (nSPS) is 12.7. The van der Waals surface area contributed by atoms with Crippen molar-refractivity contribution in [2.45, 2.75) is 26.2 Å². The van der Waals surface area contributed by atoms with Gasteiger partial charge < -0.3 is 0 Å². The number of hydrazone groups is 1. The first kappa shape index (κ1) is 18.3. The fraction of sp³-hybridized carbons (Fsp3) is 0.160. The molecule has 1 aliphatic carbocycles. The van der Waals surface area contributed by atoms with Crippen LogP contribution in [0.25, 0.3) is 22.0 Å². The van der Waals surface area contributed by atoms with Gasteiger partial charge in [-0.2, -0.15) is 10.2 Å². The first-order chi connectivity index (χ1) is 14.7. The predicted octanol–water partition coefficient (Wildman–Crippen LogP) is 4.65. The van der Waals surface area contributed by atoms with Crippen molar-refractivity contribution < 1.29 is 4.79 Å². The molecule has 5 heteroatoms. The average Bonchev–Trinajstić information content (AvgIpc) is 3.43. The summed E-state index contributed by atoms with van der Waals surface area (Å²) in [6.07, 6.45) is 4.81. The molecule has 0 unspecified atom stereocenters. The molecule has 0 bridgehead atoms. The molecule has 5 nitrogen and oxygen atoms in total. The number of aromatic nitrogens is 2. The molecular formula is C25H22N4O. The summed E-state index contributed by atoms with van der Waals surface area (Å²) in [6, 6.07) is 20.6. The van der Waals surface area contributed by atoms with Crippen LogP contribution < -0.4 is 5.43 Å². The van der Waals surface area contributed by atoms with E-state index >= 15 is 0 Å². The third-order valence-electron chi connectivity index (χ3n) is 5.74. The molecule has 0 saturated carbocycles. The molecule has 1 amide bonds. The molecular weight excluding hydrogens is 372 g/mol. The summed E-state index contributed by atoms with van der Waals surface area (Å²) < 4.78 is 0. The Kier molecular flexibility index (Phi) is 4.64. The lowest BCUT2D eigenvalue weighted by Gasteiger charge is -2.06. The molecule has 0 saturated heterocycles. The van der Waals surface area contributed by atoms with E-state index in [1.165, 1.54) is 27.5 Å². The first-order valence-electron chi connectivity index (χ1n) is 10.2. The number of aromatic amines is 1. The van der Waals surface area contributed by atoms with E-state index in [4.69, 9.17) is 0 Å². The highest BCUT2D eigenvalue weighted by molar-refractivity contribution is 6.02. The maximum absolute atomic E-state index is 12.5. The number of nitrogens with one attached hydrogen (secondary N) is 2. The van der Waals surface area contributed by atoms with Gasteiger partial charge in [0.15, 0.2) is 0 Å². The maximum atomic E-state index is 12.5. The molecule has 148 valence electrons. The van der Waals surface area contributed by atoms with Crippen LogP contribution in [-0.4, -0.2) is 22.3 Å². The van der Waals surface area contributed by atoms with Gasteiger partial charge in [-0.3, -0.25) is 9.89 Å². The SMILES string of the molecule is CCc1ccc(/C=N\NC(=O)c2cc(-c3ccc4c5c(cccc35)CC4)n[nH]2)cc1. The van der Waals surface area contributed by atoms with Crippen molar-refractivity contribution in [2.24, 2.45) is 5.10 Å². The van der Waals surface area contributed by atoms with Crippen molar-refractivity contribution in [1.29, 1.82) is 0 Å². The summed E-state index contributed by atoms with van der Waals surface area (Å²) in [7, 11) is 0. The number of H-pyrrole nitrogens is 1. The van der Waals surface area contributed by atoms with Gasteiger partial charge in [-0.25, -0.2) is 5.43 Å². The Bertz CT molecular complexity index is 1260. The number of aryl methyl sites for hydroxylation is 3. The zero-order chi connectivity index (χ0) is 20.5. The van der Waals surface area contributed by atoms with Gasteiger partial charge in [0.05, 0.1) is 11.9 Å². The molecule has 1 heterocycles. The predicted molar refractivity (Wildman–Crippen MR) is 120 cm³/mol. The van der Waals surface area contributed by atoms with Crippen LogP contribution in [-0.2, 0) is 19.3 Å². The van der Waals surface area contributed by atoms with Crippen molar-refractivity contribution >= 4 is 22.9 Å². The number of nitrogens with zero attached hydrogens (tertiary/aromatic N) is 2. The Morgan fingerprint density at radius 3 is 2.70 bits per heavy atom. The second kappa shape index (κ2) is 7.59. The second-order valence-electron chi connectivity index (χ2n) is 7.57. The zero-order valence-electron chi connectivity index (χ0n) is 16.8. The minimum Gasteiger partial charge on any atom is -0.272 e. The lowest BCUT2D eigenvalue weighted by molar-refractivity contribution is 0.0950. The fourth-order valence-corrected chi connectivity index (χ4v) is 4.11. The molecule has 0 fully saturated rings. The molecule has 1 aliphatic rings. The van der Waals surface area contributed by atoms with Crippen LogP contribution in [0.4, 0.5) is 0 Å². The molecule has 30 heavy (non-hydrogen) atoms. The molecule has 0 aliphatic heterocycles. The monoisotopic (exact) mass is 394 g/mol. The van der Waals surface area contributed by atoms with Gasteiger partial charge in [0, 0.05) is 5.56 Å². The summed E-state index contributed by atoms with van der Waals surface area (Å²) in [5.41, 5.74) is 9.72. The second-order valence-corrected chi connectivity index (χ2v) is 7.57. The van der Waals surface area contributed by atoms with E-state index in [-0.39, 0.29) is 5.91 Å². The van der Waals surface area contributed by atoms with Gasteiger partial charge in [0.1, 0.15) is 5.69 Å². The number of carbonyl (C=O) groups is 1. The van der Waals surface area contributed by atoms with Crippen LogP contribution in [0.15, 0.2) is 65.8 Å². The van der Waals surface area contributed by atoms with E-state index in [2.05, 4.69) is 70.1 Å². The quantitative estimate of drug-likeness (QED) is 0.382. The van der Waals surface area contributed by atoms with Crippen molar-refractivity contribution in [2.75, 3.05) is 0 Å². The van der Waals surface area contributed by atoms with E-state index in [0.29, 0.717) is 5.69 Å². The highest BCUT2D eigenvalue weighted by atomic mass is 16.2. The Balaban J connectivity index is 1.35. The standard InChI is InChI=1S/C25H22N4O/c1-2-16-6-8-17(9-7-16)15-26-29-25(30)23-14-22(27-28-23)20-13-12-19-11-10-18-4-3-5-21(20)24(18)19/h3-9,12-15H,2,10-11H2,1H3,(H,27,28)(H,29,30)/b26-15-. The van der Waals surface area contributed by atoms with Crippen LogP contribution >= 0.6 is 0 Å². The summed E-state index contributed by atoms with van der Waals surface area (Å²) >= 11 is 0. The Labute approximate surface area is 174 Å². The highest BCUT2D eigenvalue weighted by Crippen LogP contribution is 2.36. The summed E-state index contributed by atoms with van der Waals surface area (Å²) in [5.74, 6) is -0.318. The number of rotatable bonds is 5. The Morgan fingerprint density at radius 2 is 1.90 bits per heavy atom. The number of amides is 1. The third-order valence-corrected chi connectivity index (χ3v) is 5.74. The summed E-state index contributed by atoms with van der Waals surface area (Å²) in [6.45, 7) is 2.12. The van der Waals surface area contributed by atoms with E-state index in [0.717, 1.165) is 36.1 Å². The number of benzene rings is 3. The number of hydrogen-bond acceptors (Lipinski definition) is 3. The third kappa shape index (κ3) is 3.28. The topological polar surface area (TPSA) is 70.1 Å². The average molecular weight is 394 g/mol. The van der Waals surface area contributed by atoms with Crippen LogP contribution in [0, 0.1) is 0 Å². The molecule has 0 radical (unpaired) electrons. The van der Waals surface area contributed by atoms with Crippen molar-refractivity contribution in [1.82, 2.24) is 15.6 Å². The van der Waals surface area contributed by atoms with Gasteiger partial charge in [-0.1, -0.05) is 61.5 Å². The van der Waals surface area contributed by atoms with Gasteiger partial charge in [0.25, 0.3) is 5.91 Å². The minimum absolute atomic E-state index is 0.318. The van der Waals surface area contributed by atoms with Gasteiger partial charge >= 0.3 is 0 Å². The van der Waals surface area contributed by atoms with Gasteiger partial charge in [-0.15, -0.1) is 0 Å². The molecule has 3 aromatic carbocycles. The molecule has 0 atom stereocenters. The largest absolute Gasteiger partial charge is 0.289 e. The smallest absolute Gasteiger partial charge is 0.272 e. The number of hydrogen-bond donors (Lipinski definition) is 2. The number of carbonyl (C=O) groups excluding carboxylic acids is 1. The minimum atomic E-state index is -0.318. The Hall–Kier alpha value is -3.73. The van der Waals surface area contributed by atoms with E-state index in [1.807, 2.05) is 12.1 Å². The molecule has 5 rings (SSSR count). The lowest BCUT2D eigenvalue weighted by atomic mass is 9.98.